The normalized spacial score (nSPS) is 10.4. The first-order chi connectivity index (χ1) is 8.84. The Balaban J connectivity index is 1.91. The Morgan fingerprint density at radius 3 is 2.83 bits per heavy atom. The van der Waals surface area contributed by atoms with Gasteiger partial charge in [0.25, 0.3) is 5.91 Å². The van der Waals surface area contributed by atoms with E-state index in [2.05, 4.69) is 20.5 Å². The van der Waals surface area contributed by atoms with Gasteiger partial charge in [0.15, 0.2) is 5.82 Å². The molecule has 0 fully saturated rings. The molecule has 0 bridgehead atoms. The number of hydrogen-bond acceptors (Lipinski definition) is 3. The summed E-state index contributed by atoms with van der Waals surface area (Å²) in [5.41, 5.74) is 1.39. The van der Waals surface area contributed by atoms with Crippen LogP contribution < -0.4 is 5.32 Å². The highest BCUT2D eigenvalue weighted by Gasteiger charge is 2.10. The molecule has 3 aromatic rings. The van der Waals surface area contributed by atoms with Gasteiger partial charge in [-0.2, -0.15) is 5.10 Å². The van der Waals surface area contributed by atoms with Gasteiger partial charge >= 0.3 is 0 Å². The van der Waals surface area contributed by atoms with Gasteiger partial charge in [-0.25, -0.2) is 0 Å². The molecule has 2 heterocycles. The molecule has 0 aliphatic rings. The molecule has 5 nitrogen and oxygen atoms in total. The molecular weight excluding hydrogens is 228 g/mol. The van der Waals surface area contributed by atoms with Crippen molar-refractivity contribution in [1.29, 1.82) is 0 Å². The maximum Gasteiger partial charge on any atom is 0.256 e. The lowest BCUT2D eigenvalue weighted by molar-refractivity contribution is 0.102. The molecule has 0 aliphatic carbocycles. The quantitative estimate of drug-likeness (QED) is 0.719. The fourth-order valence-corrected chi connectivity index (χ4v) is 1.73. The van der Waals surface area contributed by atoms with Crippen molar-refractivity contribution in [1.82, 2.24) is 15.2 Å². The molecule has 0 unspecified atom stereocenters. The van der Waals surface area contributed by atoms with Crippen LogP contribution in [0.4, 0.5) is 5.82 Å². The number of nitrogens with zero attached hydrogens (tertiary/aromatic N) is 2. The second-order valence-electron chi connectivity index (χ2n) is 3.81. The van der Waals surface area contributed by atoms with E-state index in [-0.39, 0.29) is 5.91 Å². The Hall–Kier alpha value is -2.69. The van der Waals surface area contributed by atoms with Crippen LogP contribution >= 0.6 is 0 Å². The average molecular weight is 238 g/mol. The van der Waals surface area contributed by atoms with Crippen LogP contribution in [0.1, 0.15) is 10.4 Å². The number of carbonyl (C=O) groups excluding carboxylic acids is 1. The molecule has 0 saturated heterocycles. The predicted octanol–water partition coefficient (Wildman–Crippen LogP) is 2.21. The lowest BCUT2D eigenvalue weighted by atomic mass is 10.2. The number of aromatic amines is 1. The van der Waals surface area contributed by atoms with Crippen LogP contribution in [0.5, 0.6) is 0 Å². The molecule has 1 amide bonds. The van der Waals surface area contributed by atoms with Crippen LogP contribution in [0.2, 0.25) is 0 Å². The third-order valence-electron chi connectivity index (χ3n) is 2.63. The lowest BCUT2D eigenvalue weighted by Crippen LogP contribution is -2.12. The van der Waals surface area contributed by atoms with Crippen molar-refractivity contribution in [2.75, 3.05) is 5.32 Å². The van der Waals surface area contributed by atoms with Gasteiger partial charge in [0, 0.05) is 17.1 Å². The van der Waals surface area contributed by atoms with Crippen LogP contribution in [-0.4, -0.2) is 21.1 Å². The number of fused-ring (bicyclic) bond motifs is 1. The summed E-state index contributed by atoms with van der Waals surface area (Å²) in [5.74, 6) is 0.335. The van der Waals surface area contributed by atoms with Crippen molar-refractivity contribution in [3.05, 3.63) is 54.4 Å². The summed E-state index contributed by atoms with van der Waals surface area (Å²) < 4.78 is 0. The number of hydrogen-bond donors (Lipinski definition) is 2. The third-order valence-corrected chi connectivity index (χ3v) is 2.63. The number of nitrogens with one attached hydrogen (secondary N) is 2. The monoisotopic (exact) mass is 238 g/mol. The van der Waals surface area contributed by atoms with E-state index < -0.39 is 0 Å². The first-order valence-electron chi connectivity index (χ1n) is 5.49. The molecule has 0 atom stereocenters. The van der Waals surface area contributed by atoms with E-state index in [1.807, 2.05) is 18.2 Å². The Morgan fingerprint density at radius 1 is 1.17 bits per heavy atom. The molecule has 0 radical (unpaired) electrons. The van der Waals surface area contributed by atoms with Gasteiger partial charge in [-0.15, -0.1) is 0 Å². The van der Waals surface area contributed by atoms with Crippen molar-refractivity contribution in [2.24, 2.45) is 0 Å². The smallest absolute Gasteiger partial charge is 0.256 e. The van der Waals surface area contributed by atoms with Crippen molar-refractivity contribution < 1.29 is 4.79 Å². The predicted molar refractivity (Wildman–Crippen MR) is 68.3 cm³/mol. The Bertz CT molecular complexity index is 690. The van der Waals surface area contributed by atoms with Crippen LogP contribution in [-0.2, 0) is 0 Å². The minimum absolute atomic E-state index is 0.180. The standard InChI is InChI=1S/C13H10N4O/c18-13(9-4-2-1-3-5-9)15-12-10-6-7-14-8-11(10)16-17-12/h1-8H,(H2,15,16,17,18). The zero-order valence-electron chi connectivity index (χ0n) is 9.42. The zero-order chi connectivity index (χ0) is 12.4. The Kier molecular flexibility index (Phi) is 2.49. The maximum absolute atomic E-state index is 12.0. The SMILES string of the molecule is O=C(Nc1n[nH]c2cnccc12)c1ccccc1. The highest BCUT2D eigenvalue weighted by atomic mass is 16.1. The number of carbonyl (C=O) groups is 1. The number of amides is 1. The van der Waals surface area contributed by atoms with Gasteiger partial charge in [0.1, 0.15) is 0 Å². The van der Waals surface area contributed by atoms with Crippen molar-refractivity contribution in [3.63, 3.8) is 0 Å². The molecule has 2 N–H and O–H groups in total. The van der Waals surface area contributed by atoms with E-state index in [1.165, 1.54) is 0 Å². The summed E-state index contributed by atoms with van der Waals surface area (Å²) in [7, 11) is 0. The number of anilines is 1. The van der Waals surface area contributed by atoms with E-state index in [0.717, 1.165) is 10.9 Å². The minimum atomic E-state index is -0.180. The molecule has 88 valence electrons. The molecule has 5 heteroatoms. The summed E-state index contributed by atoms with van der Waals surface area (Å²) in [4.78, 5) is 16.0. The molecule has 18 heavy (non-hydrogen) atoms. The largest absolute Gasteiger partial charge is 0.305 e. The van der Waals surface area contributed by atoms with Gasteiger partial charge in [-0.1, -0.05) is 18.2 Å². The minimum Gasteiger partial charge on any atom is -0.305 e. The maximum atomic E-state index is 12.0. The summed E-state index contributed by atoms with van der Waals surface area (Å²) in [6.45, 7) is 0. The van der Waals surface area contributed by atoms with Gasteiger partial charge in [-0.05, 0) is 18.2 Å². The lowest BCUT2D eigenvalue weighted by Gasteiger charge is -2.01. The van der Waals surface area contributed by atoms with Crippen molar-refractivity contribution in [3.8, 4) is 0 Å². The van der Waals surface area contributed by atoms with Crippen LogP contribution in [0.3, 0.4) is 0 Å². The Morgan fingerprint density at radius 2 is 2.00 bits per heavy atom. The Labute approximate surface area is 103 Å². The van der Waals surface area contributed by atoms with E-state index in [0.29, 0.717) is 11.4 Å². The fraction of sp³-hybridized carbons (Fsp3) is 0. The molecule has 3 rings (SSSR count). The van der Waals surface area contributed by atoms with Gasteiger partial charge in [0.2, 0.25) is 0 Å². The second kappa shape index (κ2) is 4.29. The van der Waals surface area contributed by atoms with Gasteiger partial charge < -0.3 is 5.32 Å². The number of rotatable bonds is 2. The van der Waals surface area contributed by atoms with Crippen molar-refractivity contribution in [2.45, 2.75) is 0 Å². The topological polar surface area (TPSA) is 70.7 Å². The summed E-state index contributed by atoms with van der Waals surface area (Å²) >= 11 is 0. The molecule has 0 saturated carbocycles. The number of benzene rings is 1. The van der Waals surface area contributed by atoms with Gasteiger partial charge in [0.05, 0.1) is 11.7 Å². The van der Waals surface area contributed by atoms with Crippen LogP contribution in [0, 0.1) is 0 Å². The first-order valence-corrected chi connectivity index (χ1v) is 5.49. The number of pyridine rings is 1. The number of H-pyrrole nitrogens is 1. The van der Waals surface area contributed by atoms with Crippen LogP contribution in [0.15, 0.2) is 48.8 Å². The fourth-order valence-electron chi connectivity index (χ4n) is 1.73. The first kappa shape index (κ1) is 10.5. The number of aromatic nitrogens is 3. The zero-order valence-corrected chi connectivity index (χ0v) is 9.42. The van der Waals surface area contributed by atoms with E-state index in [1.54, 1.807) is 30.6 Å². The van der Waals surface area contributed by atoms with Crippen molar-refractivity contribution >= 4 is 22.6 Å². The van der Waals surface area contributed by atoms with E-state index in [4.69, 9.17) is 0 Å². The molecular formula is C13H10N4O. The molecule has 0 spiro atoms. The highest BCUT2D eigenvalue weighted by molar-refractivity contribution is 6.07. The average Bonchev–Trinajstić information content (AvgIpc) is 2.83. The van der Waals surface area contributed by atoms with E-state index >= 15 is 0 Å². The molecule has 1 aromatic carbocycles. The highest BCUT2D eigenvalue weighted by Crippen LogP contribution is 2.19. The molecule has 2 aromatic heterocycles. The molecule has 0 aliphatic heterocycles. The summed E-state index contributed by atoms with van der Waals surface area (Å²) in [6, 6.07) is 10.8. The van der Waals surface area contributed by atoms with E-state index in [9.17, 15) is 4.79 Å². The third kappa shape index (κ3) is 1.82. The second-order valence-corrected chi connectivity index (χ2v) is 3.81. The summed E-state index contributed by atoms with van der Waals surface area (Å²) in [6.07, 6.45) is 3.33. The van der Waals surface area contributed by atoms with Crippen LogP contribution in [0.25, 0.3) is 10.9 Å². The van der Waals surface area contributed by atoms with Gasteiger partial charge in [-0.3, -0.25) is 14.9 Å². The summed E-state index contributed by atoms with van der Waals surface area (Å²) in [5, 5.41) is 10.5.